The molecule has 2 rings (SSSR count). The molecule has 1 aliphatic heterocycles. The van der Waals surface area contributed by atoms with Crippen LogP contribution >= 0.6 is 0 Å². The molecular formula is C8H11N2O3S-. The number of aromatic nitrogens is 2. The smallest absolute Gasteiger partial charge is 0.227 e. The number of ether oxygens (including phenoxy) is 1. The maximum atomic E-state index is 10.8. The molecule has 0 radical (unpaired) electrons. The minimum absolute atomic E-state index is 0.000661. The first-order valence-corrected chi connectivity index (χ1v) is 5.35. The Morgan fingerprint density at radius 3 is 3.07 bits per heavy atom. The molecule has 1 aromatic heterocycles. The number of rotatable bonds is 1. The highest BCUT2D eigenvalue weighted by atomic mass is 32.2. The highest BCUT2D eigenvalue weighted by molar-refractivity contribution is 7.79. The Hall–Kier alpha value is -0.880. The van der Waals surface area contributed by atoms with E-state index in [1.54, 1.807) is 4.68 Å². The molecule has 0 aromatic carbocycles. The van der Waals surface area contributed by atoms with Crippen LogP contribution in [0.5, 0.6) is 5.88 Å². The van der Waals surface area contributed by atoms with Gasteiger partial charge in [-0.1, -0.05) is 13.8 Å². The van der Waals surface area contributed by atoms with Crippen LogP contribution < -0.4 is 4.74 Å². The Morgan fingerprint density at radius 1 is 1.71 bits per heavy atom. The number of nitrogens with zero attached hydrogens (tertiary/aromatic N) is 2. The molecule has 1 aliphatic rings. The van der Waals surface area contributed by atoms with Crippen LogP contribution in [0.3, 0.4) is 0 Å². The van der Waals surface area contributed by atoms with Crippen LogP contribution in [-0.4, -0.2) is 25.1 Å². The summed E-state index contributed by atoms with van der Waals surface area (Å²) >= 11 is -2.27. The Balaban J connectivity index is 2.39. The van der Waals surface area contributed by atoms with Gasteiger partial charge in [0, 0.05) is 5.41 Å². The van der Waals surface area contributed by atoms with Gasteiger partial charge in [0.15, 0.2) is 0 Å². The van der Waals surface area contributed by atoms with Crippen molar-refractivity contribution in [2.75, 3.05) is 6.61 Å². The Morgan fingerprint density at radius 2 is 2.43 bits per heavy atom. The molecule has 0 aliphatic carbocycles. The first kappa shape index (κ1) is 9.67. The molecule has 6 heteroatoms. The van der Waals surface area contributed by atoms with Crippen LogP contribution in [0.2, 0.25) is 0 Å². The normalized spacial score (nSPS) is 21.1. The zero-order valence-electron chi connectivity index (χ0n) is 8.02. The standard InChI is InChI=1S/C8H12N2O3S/c1-8(2)4-10-7(13-5-8)6(3-9-10)14(11)12/h3H,4-5H2,1-2H3,(H,11,12)/p-1. The van der Waals surface area contributed by atoms with Crippen molar-refractivity contribution in [1.82, 2.24) is 9.78 Å². The van der Waals surface area contributed by atoms with Gasteiger partial charge in [-0.15, -0.1) is 0 Å². The lowest BCUT2D eigenvalue weighted by atomic mass is 9.94. The summed E-state index contributed by atoms with van der Waals surface area (Å²) in [6, 6.07) is 0. The van der Waals surface area contributed by atoms with E-state index in [4.69, 9.17) is 4.74 Å². The van der Waals surface area contributed by atoms with E-state index in [1.807, 2.05) is 13.8 Å². The third-order valence-electron chi connectivity index (χ3n) is 2.12. The van der Waals surface area contributed by atoms with Crippen molar-refractivity contribution in [3.63, 3.8) is 0 Å². The molecule has 0 saturated heterocycles. The summed E-state index contributed by atoms with van der Waals surface area (Å²) in [5.74, 6) is 0.359. The highest BCUT2D eigenvalue weighted by Gasteiger charge is 2.29. The molecule has 0 spiro atoms. The molecule has 1 aromatic rings. The fraction of sp³-hybridized carbons (Fsp3) is 0.625. The second-order valence-electron chi connectivity index (χ2n) is 4.16. The molecule has 78 valence electrons. The van der Waals surface area contributed by atoms with Gasteiger partial charge in [0.05, 0.1) is 19.3 Å². The van der Waals surface area contributed by atoms with Gasteiger partial charge >= 0.3 is 0 Å². The number of hydrogen-bond donors (Lipinski definition) is 0. The zero-order chi connectivity index (χ0) is 10.3. The van der Waals surface area contributed by atoms with E-state index in [-0.39, 0.29) is 10.3 Å². The summed E-state index contributed by atoms with van der Waals surface area (Å²) in [5, 5.41) is 3.97. The highest BCUT2D eigenvalue weighted by Crippen LogP contribution is 2.31. The van der Waals surface area contributed by atoms with Crippen molar-refractivity contribution in [3.8, 4) is 5.88 Å². The van der Waals surface area contributed by atoms with Crippen LogP contribution in [0.15, 0.2) is 11.1 Å². The Kier molecular flexibility index (Phi) is 2.11. The summed E-state index contributed by atoms with van der Waals surface area (Å²) < 4.78 is 28.5. The molecule has 0 fully saturated rings. The topological polar surface area (TPSA) is 67.2 Å². The minimum atomic E-state index is -2.27. The monoisotopic (exact) mass is 215 g/mol. The molecule has 2 heterocycles. The summed E-state index contributed by atoms with van der Waals surface area (Å²) in [6.45, 7) is 5.29. The van der Waals surface area contributed by atoms with Crippen molar-refractivity contribution in [3.05, 3.63) is 6.20 Å². The molecule has 14 heavy (non-hydrogen) atoms. The van der Waals surface area contributed by atoms with Gasteiger partial charge in [-0.05, 0) is 11.1 Å². The van der Waals surface area contributed by atoms with Crippen molar-refractivity contribution in [2.45, 2.75) is 25.3 Å². The molecule has 1 unspecified atom stereocenters. The lowest BCUT2D eigenvalue weighted by molar-refractivity contribution is 0.0970. The number of fused-ring (bicyclic) bond motifs is 1. The van der Waals surface area contributed by atoms with Gasteiger partial charge in [-0.2, -0.15) is 5.10 Å². The van der Waals surface area contributed by atoms with Crippen molar-refractivity contribution >= 4 is 11.1 Å². The van der Waals surface area contributed by atoms with Crippen molar-refractivity contribution < 1.29 is 13.5 Å². The maximum absolute atomic E-state index is 10.8. The molecule has 1 atom stereocenters. The SMILES string of the molecule is CC1(C)COc2c(S(=O)[O-])cnn2C1. The second-order valence-corrected chi connectivity index (χ2v) is 5.07. The van der Waals surface area contributed by atoms with E-state index in [0.717, 1.165) is 0 Å². The molecule has 0 saturated carbocycles. The fourth-order valence-electron chi connectivity index (χ4n) is 1.44. The van der Waals surface area contributed by atoms with E-state index in [1.165, 1.54) is 6.20 Å². The summed E-state index contributed by atoms with van der Waals surface area (Å²) in [7, 11) is 0. The third-order valence-corrected chi connectivity index (χ3v) is 2.76. The molecular weight excluding hydrogens is 204 g/mol. The van der Waals surface area contributed by atoms with E-state index < -0.39 is 11.1 Å². The third kappa shape index (κ3) is 1.55. The Labute approximate surface area is 84.3 Å². The average molecular weight is 215 g/mol. The number of hydrogen-bond acceptors (Lipinski definition) is 4. The van der Waals surface area contributed by atoms with Crippen molar-refractivity contribution in [2.24, 2.45) is 5.41 Å². The van der Waals surface area contributed by atoms with Crippen LogP contribution in [0.25, 0.3) is 0 Å². The Bertz CT molecular complexity index is 386. The predicted molar refractivity (Wildman–Crippen MR) is 48.7 cm³/mol. The van der Waals surface area contributed by atoms with E-state index >= 15 is 0 Å². The van der Waals surface area contributed by atoms with Crippen LogP contribution in [-0.2, 0) is 17.6 Å². The van der Waals surface area contributed by atoms with E-state index in [0.29, 0.717) is 19.0 Å². The minimum Gasteiger partial charge on any atom is -0.768 e. The largest absolute Gasteiger partial charge is 0.768 e. The predicted octanol–water partition coefficient (Wildman–Crippen LogP) is 0.540. The van der Waals surface area contributed by atoms with Gasteiger partial charge in [0.25, 0.3) is 0 Å². The van der Waals surface area contributed by atoms with Crippen LogP contribution in [0.4, 0.5) is 0 Å². The second kappa shape index (κ2) is 3.06. The molecule has 0 bridgehead atoms. The lowest BCUT2D eigenvalue weighted by Crippen LogP contribution is -2.33. The lowest BCUT2D eigenvalue weighted by Gasteiger charge is -2.30. The summed E-state index contributed by atoms with van der Waals surface area (Å²) in [4.78, 5) is 0.139. The van der Waals surface area contributed by atoms with Crippen molar-refractivity contribution in [1.29, 1.82) is 0 Å². The van der Waals surface area contributed by atoms with Gasteiger partial charge < -0.3 is 9.29 Å². The quantitative estimate of drug-likeness (QED) is 0.641. The van der Waals surface area contributed by atoms with Gasteiger partial charge in [-0.25, -0.2) is 4.68 Å². The van der Waals surface area contributed by atoms with Gasteiger partial charge in [-0.3, -0.25) is 4.21 Å². The van der Waals surface area contributed by atoms with Gasteiger partial charge in [0.1, 0.15) is 4.90 Å². The molecule has 0 N–H and O–H groups in total. The van der Waals surface area contributed by atoms with Gasteiger partial charge in [0.2, 0.25) is 5.88 Å². The first-order valence-electron chi connectivity index (χ1n) is 4.27. The van der Waals surface area contributed by atoms with E-state index in [2.05, 4.69) is 5.10 Å². The summed E-state index contributed by atoms with van der Waals surface area (Å²) in [6.07, 6.45) is 1.32. The molecule has 5 nitrogen and oxygen atoms in total. The maximum Gasteiger partial charge on any atom is 0.227 e. The van der Waals surface area contributed by atoms with Crippen LogP contribution in [0, 0.1) is 5.41 Å². The van der Waals surface area contributed by atoms with Crippen LogP contribution in [0.1, 0.15) is 13.8 Å². The first-order chi connectivity index (χ1) is 6.49. The summed E-state index contributed by atoms with van der Waals surface area (Å²) in [5.41, 5.74) is 0.000661. The fourth-order valence-corrected chi connectivity index (χ4v) is 1.88. The molecule has 0 amide bonds. The average Bonchev–Trinajstić information content (AvgIpc) is 2.44. The zero-order valence-corrected chi connectivity index (χ0v) is 8.84. The van der Waals surface area contributed by atoms with E-state index in [9.17, 15) is 8.76 Å².